The van der Waals surface area contributed by atoms with E-state index in [1.807, 2.05) is 0 Å². The quantitative estimate of drug-likeness (QED) is 0.506. The molecular weight excluding hydrogens is 372 g/mol. The first kappa shape index (κ1) is 20.4. The Morgan fingerprint density at radius 1 is 1.21 bits per heavy atom. The van der Waals surface area contributed by atoms with Crippen molar-refractivity contribution >= 4 is 17.5 Å². The van der Waals surface area contributed by atoms with E-state index in [4.69, 9.17) is 4.74 Å². The second-order valence-electron chi connectivity index (χ2n) is 7.07. The van der Waals surface area contributed by atoms with Crippen molar-refractivity contribution in [3.63, 3.8) is 0 Å². The van der Waals surface area contributed by atoms with Crippen LogP contribution in [0.5, 0.6) is 5.75 Å². The summed E-state index contributed by atoms with van der Waals surface area (Å²) in [6, 6.07) is 3.68. The molecular formula is C19H22O9. The van der Waals surface area contributed by atoms with Crippen molar-refractivity contribution in [1.29, 1.82) is 0 Å². The van der Waals surface area contributed by atoms with Gasteiger partial charge < -0.3 is 29.9 Å². The van der Waals surface area contributed by atoms with Crippen molar-refractivity contribution in [1.82, 2.24) is 0 Å². The molecule has 0 radical (unpaired) electrons. The van der Waals surface area contributed by atoms with E-state index in [-0.39, 0.29) is 12.0 Å². The molecule has 0 saturated carbocycles. The summed E-state index contributed by atoms with van der Waals surface area (Å²) in [4.78, 5) is 38.0. The molecule has 5 atom stereocenters. The highest BCUT2D eigenvalue weighted by atomic mass is 16.6. The summed E-state index contributed by atoms with van der Waals surface area (Å²) in [5.41, 5.74) is -6.56. The minimum atomic E-state index is -2.96. The van der Waals surface area contributed by atoms with Gasteiger partial charge in [0.05, 0.1) is 31.3 Å². The lowest BCUT2D eigenvalue weighted by Crippen LogP contribution is -2.81. The van der Waals surface area contributed by atoms with E-state index in [9.17, 15) is 34.8 Å². The van der Waals surface area contributed by atoms with Crippen molar-refractivity contribution in [2.24, 2.45) is 0 Å². The molecule has 28 heavy (non-hydrogen) atoms. The lowest BCUT2D eigenvalue weighted by molar-refractivity contribution is -0.279. The molecule has 1 heterocycles. The molecule has 2 aliphatic rings. The molecule has 152 valence electrons. The number of benzene rings is 1. The van der Waals surface area contributed by atoms with Gasteiger partial charge in [-0.1, -0.05) is 25.5 Å². The molecule has 0 amide bonds. The Bertz CT molecular complexity index is 835. The molecule has 1 aromatic carbocycles. The summed E-state index contributed by atoms with van der Waals surface area (Å²) < 4.78 is 10.2. The van der Waals surface area contributed by atoms with Crippen LogP contribution >= 0.6 is 0 Å². The van der Waals surface area contributed by atoms with Gasteiger partial charge in [-0.15, -0.1) is 0 Å². The maximum Gasteiger partial charge on any atom is 0.308 e. The zero-order valence-electron chi connectivity index (χ0n) is 15.4. The summed E-state index contributed by atoms with van der Waals surface area (Å²) in [5.74, 6) is -3.56. The van der Waals surface area contributed by atoms with Crippen molar-refractivity contribution in [2.45, 2.75) is 55.7 Å². The van der Waals surface area contributed by atoms with E-state index in [0.29, 0.717) is 6.42 Å². The summed E-state index contributed by atoms with van der Waals surface area (Å²) in [6.07, 6.45) is -4.92. The number of phenols is 1. The molecule has 1 fully saturated rings. The Balaban J connectivity index is 2.22. The normalized spacial score (nSPS) is 34.5. The van der Waals surface area contributed by atoms with E-state index in [1.165, 1.54) is 18.2 Å². The monoisotopic (exact) mass is 394 g/mol. The number of aromatic hydroxyl groups is 1. The third kappa shape index (κ3) is 2.51. The standard InChI is InChI=1S/C19H22O9/c1-3-5-12-18(25)17(24)14-9(6-4-7-10(14)20)15(22)19(18,26)16(23)11(28-12)8-13(21)27-2/h4,6-7,11-12,16,20,23,25-26H,3,5,8H2,1-2H3/t11-,12-,16+,18?,19?/m1/s1. The van der Waals surface area contributed by atoms with Crippen LogP contribution < -0.4 is 0 Å². The lowest BCUT2D eigenvalue weighted by atomic mass is 9.59. The highest BCUT2D eigenvalue weighted by molar-refractivity contribution is 6.23. The molecule has 9 heteroatoms. The largest absolute Gasteiger partial charge is 0.507 e. The predicted octanol–water partition coefficient (Wildman–Crippen LogP) is -0.275. The van der Waals surface area contributed by atoms with Gasteiger partial charge in [0.15, 0.2) is 11.2 Å². The Morgan fingerprint density at radius 2 is 1.89 bits per heavy atom. The number of carbonyl (C=O) groups excluding carboxylic acids is 3. The molecule has 4 N–H and O–H groups in total. The predicted molar refractivity (Wildman–Crippen MR) is 92.9 cm³/mol. The fourth-order valence-electron chi connectivity index (χ4n) is 4.06. The van der Waals surface area contributed by atoms with Crippen LogP contribution in [0.4, 0.5) is 0 Å². The van der Waals surface area contributed by atoms with E-state index in [0.717, 1.165) is 7.11 Å². The zero-order chi connectivity index (χ0) is 20.9. The summed E-state index contributed by atoms with van der Waals surface area (Å²) in [5, 5.41) is 43.4. The third-order valence-corrected chi connectivity index (χ3v) is 5.52. The van der Waals surface area contributed by atoms with Gasteiger partial charge in [-0.2, -0.15) is 0 Å². The number of fused-ring (bicyclic) bond motifs is 2. The molecule has 0 bridgehead atoms. The first-order chi connectivity index (χ1) is 13.1. The van der Waals surface area contributed by atoms with E-state index >= 15 is 0 Å². The number of hydrogen-bond donors (Lipinski definition) is 4. The van der Waals surface area contributed by atoms with Crippen molar-refractivity contribution in [2.75, 3.05) is 7.11 Å². The van der Waals surface area contributed by atoms with Crippen LogP contribution in [0.25, 0.3) is 0 Å². The van der Waals surface area contributed by atoms with Gasteiger partial charge in [0.25, 0.3) is 0 Å². The zero-order valence-corrected chi connectivity index (χ0v) is 15.4. The van der Waals surface area contributed by atoms with Gasteiger partial charge in [0.2, 0.25) is 11.6 Å². The number of hydrogen-bond acceptors (Lipinski definition) is 9. The second-order valence-corrected chi connectivity index (χ2v) is 7.07. The maximum absolute atomic E-state index is 13.2. The highest BCUT2D eigenvalue weighted by Gasteiger charge is 2.74. The van der Waals surface area contributed by atoms with Crippen molar-refractivity contribution in [3.8, 4) is 5.75 Å². The number of phenolic OH excluding ortho intramolecular Hbond substituents is 1. The fourth-order valence-corrected chi connectivity index (χ4v) is 4.06. The average Bonchev–Trinajstić information content (AvgIpc) is 2.67. The number of ketones is 2. The summed E-state index contributed by atoms with van der Waals surface area (Å²) >= 11 is 0. The number of rotatable bonds is 4. The van der Waals surface area contributed by atoms with Gasteiger partial charge >= 0.3 is 5.97 Å². The molecule has 9 nitrogen and oxygen atoms in total. The van der Waals surface area contributed by atoms with Gasteiger partial charge in [0, 0.05) is 5.56 Å². The third-order valence-electron chi connectivity index (χ3n) is 5.52. The smallest absolute Gasteiger partial charge is 0.308 e. The first-order valence-electron chi connectivity index (χ1n) is 8.91. The van der Waals surface area contributed by atoms with Gasteiger partial charge in [-0.25, -0.2) is 0 Å². The Labute approximate surface area is 160 Å². The van der Waals surface area contributed by atoms with E-state index in [1.54, 1.807) is 6.92 Å². The molecule has 1 saturated heterocycles. The number of aliphatic hydroxyl groups is 3. The summed E-state index contributed by atoms with van der Waals surface area (Å²) in [6.45, 7) is 1.73. The molecule has 1 aliphatic heterocycles. The number of ether oxygens (including phenoxy) is 2. The molecule has 3 rings (SSSR count). The van der Waals surface area contributed by atoms with Crippen LogP contribution in [-0.4, -0.2) is 74.6 Å². The number of aliphatic hydroxyl groups excluding tert-OH is 1. The minimum Gasteiger partial charge on any atom is -0.507 e. The van der Waals surface area contributed by atoms with Crippen molar-refractivity contribution < 1.29 is 44.3 Å². The van der Waals surface area contributed by atoms with Crippen LogP contribution in [0.3, 0.4) is 0 Å². The number of methoxy groups -OCH3 is 1. The SMILES string of the molecule is CCC[C@H]1O[C@H](CC(=O)OC)[C@H](O)C2(O)C(=O)c3cccc(O)c3C(=O)C12O. The Kier molecular flexibility index (Phi) is 5.05. The van der Waals surface area contributed by atoms with Gasteiger partial charge in [-0.05, 0) is 12.5 Å². The maximum atomic E-state index is 13.2. The Hall–Kier alpha value is -2.33. The van der Waals surface area contributed by atoms with Crippen LogP contribution in [0, 0.1) is 0 Å². The Morgan fingerprint density at radius 3 is 2.50 bits per heavy atom. The topological polar surface area (TPSA) is 151 Å². The molecule has 1 aromatic rings. The number of carbonyl (C=O) groups is 3. The number of esters is 1. The van der Waals surface area contributed by atoms with E-state index < -0.39 is 64.8 Å². The number of Topliss-reactive ketones (excluding diaryl/α,β-unsaturated/α-hetero) is 2. The molecule has 0 spiro atoms. The lowest BCUT2D eigenvalue weighted by Gasteiger charge is -2.55. The molecule has 2 unspecified atom stereocenters. The van der Waals surface area contributed by atoms with Crippen LogP contribution in [-0.2, 0) is 14.3 Å². The van der Waals surface area contributed by atoms with Crippen molar-refractivity contribution in [3.05, 3.63) is 29.3 Å². The summed E-state index contributed by atoms with van der Waals surface area (Å²) in [7, 11) is 1.13. The first-order valence-corrected chi connectivity index (χ1v) is 8.91. The minimum absolute atomic E-state index is 0.0468. The van der Waals surface area contributed by atoms with Gasteiger partial charge in [-0.3, -0.25) is 14.4 Å². The van der Waals surface area contributed by atoms with Crippen LogP contribution in [0.2, 0.25) is 0 Å². The van der Waals surface area contributed by atoms with Gasteiger partial charge in [0.1, 0.15) is 11.9 Å². The molecule has 1 aliphatic carbocycles. The highest BCUT2D eigenvalue weighted by Crippen LogP contribution is 2.49. The fraction of sp³-hybridized carbons (Fsp3) is 0.526. The average molecular weight is 394 g/mol. The van der Waals surface area contributed by atoms with E-state index in [2.05, 4.69) is 4.74 Å². The second kappa shape index (κ2) is 6.93. The molecule has 0 aromatic heterocycles. The van der Waals surface area contributed by atoms with Crippen LogP contribution in [0.1, 0.15) is 46.9 Å². The van der Waals surface area contributed by atoms with Crippen LogP contribution in [0.15, 0.2) is 18.2 Å².